The van der Waals surface area contributed by atoms with Gasteiger partial charge in [-0.25, -0.2) is 4.98 Å². The third-order valence-corrected chi connectivity index (χ3v) is 3.39. The first-order valence-corrected chi connectivity index (χ1v) is 5.99. The minimum atomic E-state index is 0.407. The van der Waals surface area contributed by atoms with Crippen LogP contribution in [0, 0.1) is 0 Å². The lowest BCUT2D eigenvalue weighted by Gasteiger charge is -2.24. The molecule has 2 heterocycles. The van der Waals surface area contributed by atoms with Crippen LogP contribution in [0.25, 0.3) is 0 Å². The molecule has 1 N–H and O–H groups in total. The Morgan fingerprint density at radius 1 is 1.50 bits per heavy atom. The van der Waals surface area contributed by atoms with Gasteiger partial charge in [-0.2, -0.15) is 0 Å². The predicted molar refractivity (Wildman–Crippen MR) is 61.5 cm³/mol. The highest BCUT2D eigenvalue weighted by atomic mass is 79.9. The molecule has 1 aliphatic rings. The van der Waals surface area contributed by atoms with Crippen molar-refractivity contribution < 1.29 is 0 Å². The number of nitrogens with one attached hydrogen (secondary N) is 1. The van der Waals surface area contributed by atoms with Gasteiger partial charge in [-0.1, -0.05) is 18.0 Å². The summed E-state index contributed by atoms with van der Waals surface area (Å²) in [5.41, 5.74) is 1.18. The molecule has 0 unspecified atom stereocenters. The molecule has 0 saturated carbocycles. The van der Waals surface area contributed by atoms with Gasteiger partial charge in [0.25, 0.3) is 0 Å². The molecular weight excluding hydrogens is 263 g/mol. The molecule has 1 fully saturated rings. The van der Waals surface area contributed by atoms with Crippen molar-refractivity contribution in [2.75, 3.05) is 6.54 Å². The third kappa shape index (κ3) is 2.27. The molecule has 0 spiro atoms. The van der Waals surface area contributed by atoms with E-state index < -0.39 is 0 Å². The largest absolute Gasteiger partial charge is 0.310 e. The number of piperidine rings is 1. The number of hydrogen-bond donors (Lipinski definition) is 1. The molecule has 0 aliphatic carbocycles. The first-order valence-electron chi connectivity index (χ1n) is 4.81. The number of pyridine rings is 1. The van der Waals surface area contributed by atoms with Crippen LogP contribution < -0.4 is 5.32 Å². The van der Waals surface area contributed by atoms with Gasteiger partial charge < -0.3 is 5.32 Å². The first-order chi connectivity index (χ1) is 6.77. The molecule has 2 nitrogen and oxygen atoms in total. The van der Waals surface area contributed by atoms with Gasteiger partial charge >= 0.3 is 0 Å². The molecule has 2 rings (SSSR count). The summed E-state index contributed by atoms with van der Waals surface area (Å²) < 4.78 is 0.904. The van der Waals surface area contributed by atoms with Crippen LogP contribution in [0.3, 0.4) is 0 Å². The molecule has 0 aromatic carbocycles. The molecule has 0 bridgehead atoms. The van der Waals surface area contributed by atoms with E-state index in [1.165, 1.54) is 24.8 Å². The quantitative estimate of drug-likeness (QED) is 0.796. The Morgan fingerprint density at radius 2 is 2.36 bits per heavy atom. The highest BCUT2D eigenvalue weighted by molar-refractivity contribution is 9.10. The van der Waals surface area contributed by atoms with Crippen molar-refractivity contribution in [1.29, 1.82) is 0 Å². The summed E-state index contributed by atoms with van der Waals surface area (Å²) in [5, 5.41) is 4.18. The maximum atomic E-state index is 5.92. The Labute approximate surface area is 97.2 Å². The van der Waals surface area contributed by atoms with E-state index >= 15 is 0 Å². The van der Waals surface area contributed by atoms with Gasteiger partial charge in [-0.05, 0) is 41.4 Å². The highest BCUT2D eigenvalue weighted by Gasteiger charge is 2.17. The molecule has 0 radical (unpaired) electrons. The van der Waals surface area contributed by atoms with Crippen LogP contribution >= 0.6 is 27.5 Å². The standard InChI is InChI=1S/C10H12BrClN2/c11-10-8(5-7(12)6-14-10)9-3-1-2-4-13-9/h5-6,9,13H,1-4H2/t9-/m1/s1. The van der Waals surface area contributed by atoms with Gasteiger partial charge in [-0.3, -0.25) is 0 Å². The summed E-state index contributed by atoms with van der Waals surface area (Å²) in [7, 11) is 0. The Morgan fingerprint density at radius 3 is 3.07 bits per heavy atom. The van der Waals surface area contributed by atoms with Crippen molar-refractivity contribution >= 4 is 27.5 Å². The van der Waals surface area contributed by atoms with Crippen molar-refractivity contribution in [2.24, 2.45) is 0 Å². The fourth-order valence-electron chi connectivity index (χ4n) is 1.80. The number of halogens is 2. The maximum absolute atomic E-state index is 5.92. The number of hydrogen-bond acceptors (Lipinski definition) is 2. The summed E-state index contributed by atoms with van der Waals surface area (Å²) >= 11 is 9.38. The maximum Gasteiger partial charge on any atom is 0.110 e. The zero-order valence-corrected chi connectivity index (χ0v) is 10.1. The summed E-state index contributed by atoms with van der Waals surface area (Å²) in [6.45, 7) is 1.09. The van der Waals surface area contributed by atoms with E-state index in [4.69, 9.17) is 11.6 Å². The summed E-state index contributed by atoms with van der Waals surface area (Å²) in [6, 6.07) is 2.39. The minimum absolute atomic E-state index is 0.407. The van der Waals surface area contributed by atoms with E-state index in [9.17, 15) is 0 Å². The first kappa shape index (κ1) is 10.4. The van der Waals surface area contributed by atoms with Crippen molar-refractivity contribution in [3.63, 3.8) is 0 Å². The topological polar surface area (TPSA) is 24.9 Å². The lowest BCUT2D eigenvalue weighted by molar-refractivity contribution is 0.410. The van der Waals surface area contributed by atoms with E-state index in [0.29, 0.717) is 11.1 Å². The van der Waals surface area contributed by atoms with Crippen LogP contribution in [0.2, 0.25) is 5.02 Å². The number of nitrogens with zero attached hydrogens (tertiary/aromatic N) is 1. The fourth-order valence-corrected chi connectivity index (χ4v) is 2.46. The Kier molecular flexibility index (Phi) is 3.42. The second-order valence-electron chi connectivity index (χ2n) is 3.54. The van der Waals surface area contributed by atoms with Gasteiger partial charge in [0.15, 0.2) is 0 Å². The number of aromatic nitrogens is 1. The zero-order valence-electron chi connectivity index (χ0n) is 7.76. The molecule has 76 valence electrons. The Hall–Kier alpha value is -0.120. The highest BCUT2D eigenvalue weighted by Crippen LogP contribution is 2.29. The van der Waals surface area contributed by atoms with Crippen molar-refractivity contribution in [1.82, 2.24) is 10.3 Å². The lowest BCUT2D eigenvalue weighted by Crippen LogP contribution is -2.27. The van der Waals surface area contributed by atoms with Crippen LogP contribution in [0.4, 0.5) is 0 Å². The molecule has 1 atom stereocenters. The Bertz CT molecular complexity index is 324. The summed E-state index contributed by atoms with van der Waals surface area (Å²) in [6.07, 6.45) is 5.37. The normalized spacial score (nSPS) is 22.3. The van der Waals surface area contributed by atoms with Crippen LogP contribution in [0.15, 0.2) is 16.9 Å². The Balaban J connectivity index is 2.24. The summed E-state index contributed by atoms with van der Waals surface area (Å²) in [5.74, 6) is 0. The average molecular weight is 276 g/mol. The van der Waals surface area contributed by atoms with Gasteiger partial charge in [0.2, 0.25) is 0 Å². The van der Waals surface area contributed by atoms with Gasteiger partial charge in [0.05, 0.1) is 5.02 Å². The van der Waals surface area contributed by atoms with E-state index in [1.54, 1.807) is 6.20 Å². The van der Waals surface area contributed by atoms with Crippen LogP contribution in [-0.2, 0) is 0 Å². The zero-order chi connectivity index (χ0) is 9.97. The van der Waals surface area contributed by atoms with E-state index in [2.05, 4.69) is 26.2 Å². The molecule has 0 amide bonds. The van der Waals surface area contributed by atoms with Crippen molar-refractivity contribution in [2.45, 2.75) is 25.3 Å². The van der Waals surface area contributed by atoms with Gasteiger partial charge in [-0.15, -0.1) is 0 Å². The van der Waals surface area contributed by atoms with E-state index in [0.717, 1.165) is 11.1 Å². The van der Waals surface area contributed by atoms with Crippen molar-refractivity contribution in [3.05, 3.63) is 27.5 Å². The van der Waals surface area contributed by atoms with E-state index in [-0.39, 0.29) is 0 Å². The molecule has 1 saturated heterocycles. The molecule has 14 heavy (non-hydrogen) atoms. The fraction of sp³-hybridized carbons (Fsp3) is 0.500. The predicted octanol–water partition coefficient (Wildman–Crippen LogP) is 3.31. The van der Waals surface area contributed by atoms with Crippen LogP contribution in [0.5, 0.6) is 0 Å². The molecule has 1 aromatic rings. The average Bonchev–Trinajstić information content (AvgIpc) is 2.23. The summed E-state index contributed by atoms with van der Waals surface area (Å²) in [4.78, 5) is 4.20. The number of rotatable bonds is 1. The molecular formula is C10H12BrClN2. The van der Waals surface area contributed by atoms with Gasteiger partial charge in [0.1, 0.15) is 4.60 Å². The van der Waals surface area contributed by atoms with Crippen LogP contribution in [-0.4, -0.2) is 11.5 Å². The van der Waals surface area contributed by atoms with Crippen molar-refractivity contribution in [3.8, 4) is 0 Å². The SMILES string of the molecule is Clc1cnc(Br)c([C@H]2CCCCN2)c1. The smallest absolute Gasteiger partial charge is 0.110 e. The van der Waals surface area contributed by atoms with Crippen LogP contribution in [0.1, 0.15) is 30.9 Å². The second-order valence-corrected chi connectivity index (χ2v) is 4.72. The lowest BCUT2D eigenvalue weighted by atomic mass is 9.99. The third-order valence-electron chi connectivity index (χ3n) is 2.52. The minimum Gasteiger partial charge on any atom is -0.310 e. The molecule has 4 heteroatoms. The monoisotopic (exact) mass is 274 g/mol. The second kappa shape index (κ2) is 4.60. The molecule has 1 aromatic heterocycles. The van der Waals surface area contributed by atoms with E-state index in [1.807, 2.05) is 6.07 Å². The van der Waals surface area contributed by atoms with Gasteiger partial charge in [0, 0.05) is 17.8 Å². The molecule has 1 aliphatic heterocycles.